The zero-order valence-electron chi connectivity index (χ0n) is 12.4. The van der Waals surface area contributed by atoms with Crippen LogP contribution >= 0.6 is 0 Å². The average molecular weight is 286 g/mol. The number of carbonyl (C=O) groups excluding carboxylic acids is 2. The number of likely N-dealkylation sites (N-methyl/N-ethyl adjacent to an activating group) is 1. The molecule has 1 rings (SSSR count). The molecule has 3 amide bonds. The number of rotatable bonds is 7. The molecule has 0 aromatic rings. The fourth-order valence-corrected chi connectivity index (χ4v) is 2.31. The third kappa shape index (κ3) is 6.31. The van der Waals surface area contributed by atoms with Crippen molar-refractivity contribution in [3.05, 3.63) is 0 Å². The van der Waals surface area contributed by atoms with Gasteiger partial charge in [0.25, 0.3) is 0 Å². The normalized spacial score (nSPS) is 18.9. The maximum Gasteiger partial charge on any atom is 0.321 e. The van der Waals surface area contributed by atoms with Gasteiger partial charge in [0, 0.05) is 26.2 Å². The van der Waals surface area contributed by atoms with E-state index in [-0.39, 0.29) is 12.5 Å². The van der Waals surface area contributed by atoms with Crippen LogP contribution in [0.1, 0.15) is 19.8 Å². The zero-order valence-corrected chi connectivity index (χ0v) is 12.4. The minimum atomic E-state index is -0.468. The van der Waals surface area contributed by atoms with Gasteiger partial charge in [-0.2, -0.15) is 0 Å². The van der Waals surface area contributed by atoms with E-state index < -0.39 is 6.03 Å². The molecule has 0 aromatic carbocycles. The highest BCUT2D eigenvalue weighted by Crippen LogP contribution is 2.09. The number of imide groups is 1. The van der Waals surface area contributed by atoms with Gasteiger partial charge in [0.05, 0.1) is 13.2 Å². The van der Waals surface area contributed by atoms with Crippen molar-refractivity contribution in [1.29, 1.82) is 0 Å². The van der Waals surface area contributed by atoms with Crippen LogP contribution in [0.4, 0.5) is 4.79 Å². The van der Waals surface area contributed by atoms with Gasteiger partial charge in [-0.1, -0.05) is 6.92 Å². The fourth-order valence-electron chi connectivity index (χ4n) is 2.31. The molecule has 7 nitrogen and oxygen atoms in total. The second kappa shape index (κ2) is 9.68. The van der Waals surface area contributed by atoms with Gasteiger partial charge in [-0.05, 0) is 25.9 Å². The number of hydrogen-bond acceptors (Lipinski definition) is 5. The van der Waals surface area contributed by atoms with Crippen molar-refractivity contribution in [2.45, 2.75) is 25.8 Å². The number of methoxy groups -OCH3 is 1. The van der Waals surface area contributed by atoms with E-state index in [9.17, 15) is 9.59 Å². The highest BCUT2D eigenvalue weighted by molar-refractivity contribution is 5.95. The molecule has 1 fully saturated rings. The monoisotopic (exact) mass is 286 g/mol. The van der Waals surface area contributed by atoms with E-state index in [1.54, 1.807) is 7.11 Å². The van der Waals surface area contributed by atoms with Gasteiger partial charge in [-0.25, -0.2) is 4.79 Å². The van der Waals surface area contributed by atoms with E-state index in [0.29, 0.717) is 19.2 Å². The molecule has 1 saturated heterocycles. The Morgan fingerprint density at radius 3 is 2.85 bits per heavy atom. The molecule has 20 heavy (non-hydrogen) atoms. The van der Waals surface area contributed by atoms with Crippen LogP contribution in [0.15, 0.2) is 0 Å². The van der Waals surface area contributed by atoms with E-state index in [1.807, 2.05) is 6.92 Å². The molecular weight excluding hydrogens is 260 g/mol. The van der Waals surface area contributed by atoms with E-state index in [1.165, 1.54) is 0 Å². The lowest BCUT2D eigenvalue weighted by molar-refractivity contribution is -0.121. The topological polar surface area (TPSA) is 82.7 Å². The van der Waals surface area contributed by atoms with Crippen molar-refractivity contribution < 1.29 is 14.3 Å². The van der Waals surface area contributed by atoms with Crippen LogP contribution in [-0.4, -0.2) is 69.3 Å². The predicted molar refractivity (Wildman–Crippen MR) is 76.6 cm³/mol. The molecule has 1 heterocycles. The first-order valence-corrected chi connectivity index (χ1v) is 7.18. The minimum Gasteiger partial charge on any atom is -0.383 e. The summed E-state index contributed by atoms with van der Waals surface area (Å²) in [6.07, 6.45) is 2.22. The number of hydrogen-bond donors (Lipinski definition) is 3. The minimum absolute atomic E-state index is 0.251. The molecule has 0 aliphatic carbocycles. The van der Waals surface area contributed by atoms with Crippen LogP contribution < -0.4 is 16.0 Å². The largest absolute Gasteiger partial charge is 0.383 e. The standard InChI is InChI=1S/C13H26N4O3/c1-3-17(11-5-4-6-14-9-11)10-12(18)16-13(19)15-7-8-20-2/h11,14H,3-10H2,1-2H3,(H2,15,16,18,19). The Kier molecular flexibility index (Phi) is 8.17. The Hall–Kier alpha value is -1.18. The molecule has 0 bridgehead atoms. The Bertz CT molecular complexity index is 306. The third-order valence-electron chi connectivity index (χ3n) is 3.38. The molecule has 0 saturated carbocycles. The van der Waals surface area contributed by atoms with E-state index in [0.717, 1.165) is 32.5 Å². The number of urea groups is 1. The molecule has 0 spiro atoms. The average Bonchev–Trinajstić information content (AvgIpc) is 2.46. The van der Waals surface area contributed by atoms with Gasteiger partial charge in [0.2, 0.25) is 5.91 Å². The molecule has 1 unspecified atom stereocenters. The molecule has 7 heteroatoms. The lowest BCUT2D eigenvalue weighted by atomic mass is 10.1. The maximum atomic E-state index is 11.8. The zero-order chi connectivity index (χ0) is 14.8. The molecular formula is C13H26N4O3. The first kappa shape index (κ1) is 16.9. The van der Waals surface area contributed by atoms with Crippen molar-refractivity contribution >= 4 is 11.9 Å². The third-order valence-corrected chi connectivity index (χ3v) is 3.38. The second-order valence-electron chi connectivity index (χ2n) is 4.86. The number of nitrogens with zero attached hydrogens (tertiary/aromatic N) is 1. The first-order chi connectivity index (χ1) is 9.67. The van der Waals surface area contributed by atoms with Crippen LogP contribution in [0.25, 0.3) is 0 Å². The summed E-state index contributed by atoms with van der Waals surface area (Å²) in [5, 5.41) is 8.23. The van der Waals surface area contributed by atoms with Crippen molar-refractivity contribution in [3.63, 3.8) is 0 Å². The number of amides is 3. The van der Waals surface area contributed by atoms with Gasteiger partial charge >= 0.3 is 6.03 Å². The maximum absolute atomic E-state index is 11.8. The number of ether oxygens (including phenoxy) is 1. The van der Waals surface area contributed by atoms with Crippen molar-refractivity contribution in [1.82, 2.24) is 20.9 Å². The smallest absolute Gasteiger partial charge is 0.321 e. The lowest BCUT2D eigenvalue weighted by Crippen LogP contribution is -2.51. The Labute approximate surface area is 120 Å². The lowest BCUT2D eigenvalue weighted by Gasteiger charge is -2.33. The van der Waals surface area contributed by atoms with Crippen LogP contribution in [0, 0.1) is 0 Å². The van der Waals surface area contributed by atoms with Gasteiger partial charge in [0.15, 0.2) is 0 Å². The molecule has 116 valence electrons. The van der Waals surface area contributed by atoms with Crippen LogP contribution in [0.2, 0.25) is 0 Å². The van der Waals surface area contributed by atoms with Crippen LogP contribution in [-0.2, 0) is 9.53 Å². The summed E-state index contributed by atoms with van der Waals surface area (Å²) in [5.74, 6) is -0.271. The number of nitrogens with one attached hydrogen (secondary N) is 3. The molecule has 1 aliphatic rings. The molecule has 0 aromatic heterocycles. The summed E-state index contributed by atoms with van der Waals surface area (Å²) in [5.41, 5.74) is 0. The van der Waals surface area contributed by atoms with Crippen LogP contribution in [0.5, 0.6) is 0 Å². The first-order valence-electron chi connectivity index (χ1n) is 7.18. The fraction of sp³-hybridized carbons (Fsp3) is 0.846. The van der Waals surface area contributed by atoms with E-state index in [2.05, 4.69) is 20.9 Å². The predicted octanol–water partition coefficient (Wildman–Crippen LogP) is -0.467. The molecule has 1 aliphatic heterocycles. The van der Waals surface area contributed by atoms with Gasteiger partial charge < -0.3 is 15.4 Å². The Morgan fingerprint density at radius 1 is 1.45 bits per heavy atom. The van der Waals surface area contributed by atoms with Gasteiger partial charge in [0.1, 0.15) is 0 Å². The van der Waals surface area contributed by atoms with E-state index in [4.69, 9.17) is 4.74 Å². The summed E-state index contributed by atoms with van der Waals surface area (Å²) < 4.78 is 4.82. The van der Waals surface area contributed by atoms with Crippen molar-refractivity contribution in [2.24, 2.45) is 0 Å². The SMILES string of the molecule is CCN(CC(=O)NC(=O)NCCOC)C1CCCNC1. The van der Waals surface area contributed by atoms with Gasteiger partial charge in [-0.15, -0.1) is 0 Å². The molecule has 1 atom stereocenters. The summed E-state index contributed by atoms with van der Waals surface area (Å²) >= 11 is 0. The Morgan fingerprint density at radius 2 is 2.25 bits per heavy atom. The van der Waals surface area contributed by atoms with Crippen molar-refractivity contribution in [2.75, 3.05) is 46.4 Å². The van der Waals surface area contributed by atoms with E-state index >= 15 is 0 Å². The summed E-state index contributed by atoms with van der Waals surface area (Å²) in [6.45, 7) is 5.84. The van der Waals surface area contributed by atoms with Crippen molar-refractivity contribution in [3.8, 4) is 0 Å². The summed E-state index contributed by atoms with van der Waals surface area (Å²) in [6, 6.07) is -0.0964. The van der Waals surface area contributed by atoms with Gasteiger partial charge in [-0.3, -0.25) is 15.0 Å². The summed E-state index contributed by atoms with van der Waals surface area (Å²) in [4.78, 5) is 25.4. The Balaban J connectivity index is 2.29. The highest BCUT2D eigenvalue weighted by atomic mass is 16.5. The molecule has 3 N–H and O–H groups in total. The molecule has 0 radical (unpaired) electrons. The summed E-state index contributed by atoms with van der Waals surface area (Å²) in [7, 11) is 1.56. The number of piperidine rings is 1. The van der Waals surface area contributed by atoms with Crippen LogP contribution in [0.3, 0.4) is 0 Å². The quantitative estimate of drug-likeness (QED) is 0.551. The number of carbonyl (C=O) groups is 2. The second-order valence-corrected chi connectivity index (χ2v) is 4.86. The highest BCUT2D eigenvalue weighted by Gasteiger charge is 2.22.